The summed E-state index contributed by atoms with van der Waals surface area (Å²) in [7, 11) is 0. The molecule has 1 aromatic heterocycles. The lowest BCUT2D eigenvalue weighted by molar-refractivity contribution is -0.153. The van der Waals surface area contributed by atoms with Gasteiger partial charge in [0.15, 0.2) is 5.92 Å². The molecule has 166 valence electrons. The van der Waals surface area contributed by atoms with E-state index in [1.54, 1.807) is 17.9 Å². The zero-order valence-corrected chi connectivity index (χ0v) is 18.8. The van der Waals surface area contributed by atoms with Gasteiger partial charge in [0.1, 0.15) is 0 Å². The van der Waals surface area contributed by atoms with E-state index >= 15 is 0 Å². The first-order chi connectivity index (χ1) is 16.1. The van der Waals surface area contributed by atoms with Crippen molar-refractivity contribution in [1.29, 1.82) is 0 Å². The first-order valence-corrected chi connectivity index (χ1v) is 11.2. The number of amides is 1. The van der Waals surface area contributed by atoms with Gasteiger partial charge in [0, 0.05) is 5.02 Å². The highest BCUT2D eigenvalue weighted by Gasteiger charge is 2.48. The molecule has 33 heavy (non-hydrogen) atoms. The Morgan fingerprint density at radius 2 is 1.70 bits per heavy atom. The lowest BCUT2D eigenvalue weighted by Gasteiger charge is -2.38. The minimum atomic E-state index is -1.10. The molecule has 7 heteroatoms. The van der Waals surface area contributed by atoms with E-state index < -0.39 is 17.9 Å². The molecule has 2 heterocycles. The molecule has 5 rings (SSSR count). The fourth-order valence-corrected chi connectivity index (χ4v) is 4.70. The monoisotopic (exact) mass is 459 g/mol. The van der Waals surface area contributed by atoms with Crippen molar-refractivity contribution in [1.82, 2.24) is 9.55 Å². The van der Waals surface area contributed by atoms with Crippen LogP contribution in [-0.2, 0) is 20.9 Å². The molecule has 0 bridgehead atoms. The maximum Gasteiger partial charge on any atom is 0.321 e. The number of hydrogen-bond acceptors (Lipinski definition) is 4. The SMILES string of the molecule is CCOC(=O)[C@@H]1C(=O)N(Cc2ccccc2)c2nc3ccccc3n2[C@@H]1c1ccccc1Cl. The highest BCUT2D eigenvalue weighted by molar-refractivity contribution is 6.31. The summed E-state index contributed by atoms with van der Waals surface area (Å²) in [5, 5.41) is 0.477. The van der Waals surface area contributed by atoms with E-state index in [0.717, 1.165) is 16.6 Å². The van der Waals surface area contributed by atoms with Gasteiger partial charge in [0.2, 0.25) is 11.9 Å². The maximum absolute atomic E-state index is 13.9. The molecule has 6 nitrogen and oxygen atoms in total. The minimum Gasteiger partial charge on any atom is -0.465 e. The van der Waals surface area contributed by atoms with Crippen LogP contribution in [-0.4, -0.2) is 28.0 Å². The lowest BCUT2D eigenvalue weighted by Crippen LogP contribution is -2.49. The third kappa shape index (κ3) is 3.66. The minimum absolute atomic E-state index is 0.175. The summed E-state index contributed by atoms with van der Waals surface area (Å²) < 4.78 is 7.33. The average Bonchev–Trinajstić information content (AvgIpc) is 3.21. The maximum atomic E-state index is 13.9. The number of rotatable bonds is 5. The van der Waals surface area contributed by atoms with Crippen molar-refractivity contribution in [3.8, 4) is 0 Å². The Morgan fingerprint density at radius 1 is 1.00 bits per heavy atom. The van der Waals surface area contributed by atoms with Crippen LogP contribution >= 0.6 is 11.6 Å². The summed E-state index contributed by atoms with van der Waals surface area (Å²) in [5.74, 6) is -1.55. The summed E-state index contributed by atoms with van der Waals surface area (Å²) >= 11 is 6.59. The predicted octanol–water partition coefficient (Wildman–Crippen LogP) is 5.01. The molecular weight excluding hydrogens is 438 g/mol. The average molecular weight is 460 g/mol. The zero-order valence-electron chi connectivity index (χ0n) is 18.0. The first kappa shape index (κ1) is 21.2. The molecule has 4 aromatic rings. The Balaban J connectivity index is 1.77. The summed E-state index contributed by atoms with van der Waals surface area (Å²) in [6.45, 7) is 2.19. The summed E-state index contributed by atoms with van der Waals surface area (Å²) in [6, 6.07) is 23.9. The van der Waals surface area contributed by atoms with Crippen molar-refractivity contribution < 1.29 is 14.3 Å². The van der Waals surface area contributed by atoms with Gasteiger partial charge in [-0.2, -0.15) is 0 Å². The second kappa shape index (κ2) is 8.71. The number of benzene rings is 3. The van der Waals surface area contributed by atoms with Crippen molar-refractivity contribution >= 4 is 40.5 Å². The standard InChI is InChI=1S/C26H22ClN3O3/c1-2-33-25(32)22-23(18-12-6-7-13-19(18)27)30-21-15-9-8-14-20(21)28-26(30)29(24(22)31)16-17-10-4-3-5-11-17/h3-15,22-23H,2,16H2,1H3/t22-,23+/m0/s1. The van der Waals surface area contributed by atoms with Crippen LogP contribution in [0, 0.1) is 5.92 Å². The van der Waals surface area contributed by atoms with E-state index in [1.165, 1.54) is 0 Å². The zero-order chi connectivity index (χ0) is 22.9. The van der Waals surface area contributed by atoms with Crippen LogP contribution < -0.4 is 4.90 Å². The summed E-state index contributed by atoms with van der Waals surface area (Å²) in [4.78, 5) is 33.5. The molecule has 0 saturated heterocycles. The van der Waals surface area contributed by atoms with Gasteiger partial charge in [-0.05, 0) is 36.2 Å². The van der Waals surface area contributed by atoms with E-state index in [9.17, 15) is 9.59 Å². The van der Waals surface area contributed by atoms with Gasteiger partial charge in [-0.1, -0.05) is 72.3 Å². The van der Waals surface area contributed by atoms with Crippen LogP contribution in [0.3, 0.4) is 0 Å². The van der Waals surface area contributed by atoms with Gasteiger partial charge in [0.05, 0.1) is 30.2 Å². The number of hydrogen-bond donors (Lipinski definition) is 0. The molecule has 0 unspecified atom stereocenters. The van der Waals surface area contributed by atoms with Crippen LogP contribution in [0.1, 0.15) is 24.1 Å². The Bertz CT molecular complexity index is 1340. The molecule has 1 aliphatic heterocycles. The number of ether oxygens (including phenoxy) is 1. The van der Waals surface area contributed by atoms with Crippen molar-refractivity contribution in [2.24, 2.45) is 5.92 Å². The molecule has 0 N–H and O–H groups in total. The number of aromatic nitrogens is 2. The molecule has 0 radical (unpaired) electrons. The van der Waals surface area contributed by atoms with Crippen LogP contribution in [0.4, 0.5) is 5.95 Å². The Hall–Kier alpha value is -3.64. The van der Waals surface area contributed by atoms with E-state index in [0.29, 0.717) is 16.5 Å². The summed E-state index contributed by atoms with van der Waals surface area (Å²) in [6.07, 6.45) is 0. The topological polar surface area (TPSA) is 64.4 Å². The molecule has 3 aromatic carbocycles. The molecule has 0 saturated carbocycles. The number of carbonyl (C=O) groups excluding carboxylic acids is 2. The Labute approximate surface area is 196 Å². The van der Waals surface area contributed by atoms with E-state index in [4.69, 9.17) is 21.3 Å². The first-order valence-electron chi connectivity index (χ1n) is 10.8. The van der Waals surface area contributed by atoms with Gasteiger partial charge >= 0.3 is 5.97 Å². The number of para-hydroxylation sites is 2. The molecule has 0 spiro atoms. The van der Waals surface area contributed by atoms with Crippen LogP contribution in [0.2, 0.25) is 5.02 Å². The number of fused-ring (bicyclic) bond motifs is 3. The largest absolute Gasteiger partial charge is 0.465 e. The van der Waals surface area contributed by atoms with Gasteiger partial charge in [-0.15, -0.1) is 0 Å². The fraction of sp³-hybridized carbons (Fsp3) is 0.192. The third-order valence-corrected chi connectivity index (χ3v) is 6.24. The van der Waals surface area contributed by atoms with Crippen molar-refractivity contribution in [3.05, 3.63) is 95.0 Å². The summed E-state index contributed by atoms with van der Waals surface area (Å²) in [5.41, 5.74) is 3.16. The van der Waals surface area contributed by atoms with E-state index in [-0.39, 0.29) is 19.1 Å². The second-order valence-electron chi connectivity index (χ2n) is 7.88. The number of anilines is 1. The highest BCUT2D eigenvalue weighted by atomic mass is 35.5. The van der Waals surface area contributed by atoms with Crippen molar-refractivity contribution in [3.63, 3.8) is 0 Å². The lowest BCUT2D eigenvalue weighted by atomic mass is 9.89. The molecule has 1 amide bonds. The number of imidazole rings is 1. The Kier molecular flexibility index (Phi) is 5.60. The fourth-order valence-electron chi connectivity index (χ4n) is 4.46. The van der Waals surface area contributed by atoms with E-state index in [1.807, 2.05) is 77.4 Å². The van der Waals surface area contributed by atoms with Crippen LogP contribution in [0.25, 0.3) is 11.0 Å². The predicted molar refractivity (Wildman–Crippen MR) is 127 cm³/mol. The quantitative estimate of drug-likeness (QED) is 0.311. The number of halogens is 1. The second-order valence-corrected chi connectivity index (χ2v) is 8.28. The normalized spacial score (nSPS) is 17.8. The Morgan fingerprint density at radius 3 is 2.45 bits per heavy atom. The number of carbonyl (C=O) groups is 2. The number of nitrogens with zero attached hydrogens (tertiary/aromatic N) is 3. The third-order valence-electron chi connectivity index (χ3n) is 5.89. The van der Waals surface area contributed by atoms with Gasteiger partial charge < -0.3 is 9.30 Å². The molecule has 0 aliphatic carbocycles. The molecule has 0 fully saturated rings. The molecule has 2 atom stereocenters. The molecular formula is C26H22ClN3O3. The molecule has 1 aliphatic rings. The van der Waals surface area contributed by atoms with Crippen LogP contribution in [0.15, 0.2) is 78.9 Å². The van der Waals surface area contributed by atoms with Crippen molar-refractivity contribution in [2.45, 2.75) is 19.5 Å². The smallest absolute Gasteiger partial charge is 0.321 e. The highest BCUT2D eigenvalue weighted by Crippen LogP contribution is 2.43. The van der Waals surface area contributed by atoms with Crippen molar-refractivity contribution in [2.75, 3.05) is 11.5 Å². The van der Waals surface area contributed by atoms with E-state index in [2.05, 4.69) is 0 Å². The number of esters is 1. The van der Waals surface area contributed by atoms with Gasteiger partial charge in [-0.3, -0.25) is 14.5 Å². The van der Waals surface area contributed by atoms with Gasteiger partial charge in [-0.25, -0.2) is 4.98 Å². The van der Waals surface area contributed by atoms with Gasteiger partial charge in [0.25, 0.3) is 0 Å². The van der Waals surface area contributed by atoms with Crippen LogP contribution in [0.5, 0.6) is 0 Å².